The molecule has 0 amide bonds. The Labute approximate surface area is 170 Å². The van der Waals surface area contributed by atoms with Gasteiger partial charge in [0.05, 0.1) is 5.69 Å². The second-order valence-corrected chi connectivity index (χ2v) is 7.12. The maximum Gasteiger partial charge on any atom is 0.351 e. The zero-order chi connectivity index (χ0) is 20.2. The topological polar surface area (TPSA) is 77.9 Å². The maximum atomic E-state index is 13.4. The number of carbonyl (C=O) groups is 1. The number of halogens is 1. The molecule has 144 valence electrons. The lowest BCUT2D eigenvalue weighted by atomic mass is 10.0. The molecule has 4 aromatic rings. The van der Waals surface area contributed by atoms with E-state index in [0.717, 1.165) is 5.56 Å². The largest absolute Gasteiger partial charge is 0.448 e. The molecule has 0 N–H and O–H groups in total. The van der Waals surface area contributed by atoms with E-state index in [1.54, 1.807) is 62.0 Å². The minimum atomic E-state index is -0.705. The third kappa shape index (κ3) is 4.17. The summed E-state index contributed by atoms with van der Waals surface area (Å²) in [6, 6.07) is 11.1. The zero-order valence-corrected chi connectivity index (χ0v) is 16.1. The van der Waals surface area contributed by atoms with Crippen LogP contribution < -0.4 is 0 Å². The molecule has 1 unspecified atom stereocenters. The molecule has 0 aliphatic carbocycles. The van der Waals surface area contributed by atoms with Gasteiger partial charge in [0, 0.05) is 30.4 Å². The number of hydrogen-bond donors (Lipinski definition) is 0. The number of hydrogen-bond acceptors (Lipinski definition) is 7. The summed E-state index contributed by atoms with van der Waals surface area (Å²) in [5, 5.41) is 0.539. The first-order valence-corrected chi connectivity index (χ1v) is 9.54. The summed E-state index contributed by atoms with van der Waals surface area (Å²) in [5.74, 6) is -0.434. The summed E-state index contributed by atoms with van der Waals surface area (Å²) < 4.78 is 19.2. The molecule has 0 saturated heterocycles. The van der Waals surface area contributed by atoms with Gasteiger partial charge in [0.1, 0.15) is 10.7 Å². The van der Waals surface area contributed by atoms with Crippen molar-refractivity contribution in [3.63, 3.8) is 0 Å². The summed E-state index contributed by atoms with van der Waals surface area (Å²) >= 11 is 1.17. The summed E-state index contributed by atoms with van der Waals surface area (Å²) in [5.41, 5.74) is 1.92. The Morgan fingerprint density at radius 3 is 2.34 bits per heavy atom. The van der Waals surface area contributed by atoms with Crippen molar-refractivity contribution in [1.82, 2.24) is 19.9 Å². The molecule has 1 aromatic carbocycles. The number of aromatic nitrogens is 4. The third-order valence-corrected chi connectivity index (χ3v) is 5.28. The minimum absolute atomic E-state index is 0.362. The summed E-state index contributed by atoms with van der Waals surface area (Å²) in [6.07, 6.45) is 5.75. The molecule has 0 radical (unpaired) electrons. The van der Waals surface area contributed by atoms with Crippen molar-refractivity contribution in [2.24, 2.45) is 0 Å². The van der Waals surface area contributed by atoms with Crippen molar-refractivity contribution >= 4 is 17.3 Å². The van der Waals surface area contributed by atoms with Crippen molar-refractivity contribution in [3.8, 4) is 10.8 Å². The van der Waals surface area contributed by atoms with Gasteiger partial charge in [-0.2, -0.15) is 0 Å². The number of carbonyl (C=O) groups excluding carboxylic acids is 1. The minimum Gasteiger partial charge on any atom is -0.448 e. The number of aryl methyl sites for hydroxylation is 1. The predicted molar refractivity (Wildman–Crippen MR) is 106 cm³/mol. The fraction of sp³-hybridized carbons (Fsp3) is 0.0952. The van der Waals surface area contributed by atoms with Gasteiger partial charge in [0.15, 0.2) is 16.9 Å². The molecule has 1 atom stereocenters. The van der Waals surface area contributed by atoms with Crippen LogP contribution in [0.15, 0.2) is 67.3 Å². The van der Waals surface area contributed by atoms with Crippen LogP contribution in [0.4, 0.5) is 4.39 Å². The summed E-state index contributed by atoms with van der Waals surface area (Å²) in [7, 11) is 0. The lowest BCUT2D eigenvalue weighted by Crippen LogP contribution is -2.13. The predicted octanol–water partition coefficient (Wildman–Crippen LogP) is 4.39. The second-order valence-electron chi connectivity index (χ2n) is 6.12. The molecule has 3 heterocycles. The normalized spacial score (nSPS) is 11.8. The Kier molecular flexibility index (Phi) is 5.35. The van der Waals surface area contributed by atoms with E-state index in [2.05, 4.69) is 19.9 Å². The molecule has 0 fully saturated rings. The van der Waals surface area contributed by atoms with Gasteiger partial charge in [0.25, 0.3) is 0 Å². The number of rotatable bonds is 5. The number of ether oxygens (including phenoxy) is 1. The van der Waals surface area contributed by atoms with Gasteiger partial charge < -0.3 is 4.74 Å². The van der Waals surface area contributed by atoms with Gasteiger partial charge in [-0.1, -0.05) is 12.1 Å². The monoisotopic (exact) mass is 406 g/mol. The van der Waals surface area contributed by atoms with Crippen LogP contribution in [-0.4, -0.2) is 25.9 Å². The standard InChI is InChI=1S/C21H15FN4O2S/c1-13-18(29-20(26-13)19-24-9-2-10-25-19)21(27)28-17(15-7-11-23-12-8-15)14-3-5-16(22)6-4-14/h2-12,17H,1H3. The quantitative estimate of drug-likeness (QED) is 0.458. The smallest absolute Gasteiger partial charge is 0.351 e. The van der Waals surface area contributed by atoms with E-state index in [1.807, 2.05) is 0 Å². The number of pyridine rings is 1. The van der Waals surface area contributed by atoms with E-state index in [1.165, 1.54) is 23.5 Å². The first-order valence-electron chi connectivity index (χ1n) is 8.73. The molecule has 0 saturated carbocycles. The Hall–Kier alpha value is -3.52. The van der Waals surface area contributed by atoms with E-state index in [4.69, 9.17) is 4.74 Å². The zero-order valence-electron chi connectivity index (χ0n) is 15.3. The van der Waals surface area contributed by atoms with Crippen LogP contribution in [0.5, 0.6) is 0 Å². The fourth-order valence-electron chi connectivity index (χ4n) is 2.76. The molecule has 6 nitrogen and oxygen atoms in total. The van der Waals surface area contributed by atoms with Gasteiger partial charge >= 0.3 is 5.97 Å². The molecular weight excluding hydrogens is 391 g/mol. The lowest BCUT2D eigenvalue weighted by Gasteiger charge is -2.18. The molecule has 0 spiro atoms. The fourth-order valence-corrected chi connectivity index (χ4v) is 3.65. The van der Waals surface area contributed by atoms with E-state index < -0.39 is 12.1 Å². The van der Waals surface area contributed by atoms with E-state index in [9.17, 15) is 9.18 Å². The molecule has 29 heavy (non-hydrogen) atoms. The van der Waals surface area contributed by atoms with Crippen LogP contribution in [0.25, 0.3) is 10.8 Å². The van der Waals surface area contributed by atoms with Crippen molar-refractivity contribution in [2.75, 3.05) is 0 Å². The molecule has 8 heteroatoms. The highest BCUT2D eigenvalue weighted by atomic mass is 32.1. The molecule has 4 rings (SSSR count). The van der Waals surface area contributed by atoms with Crippen molar-refractivity contribution in [1.29, 1.82) is 0 Å². The van der Waals surface area contributed by atoms with E-state index >= 15 is 0 Å². The maximum absolute atomic E-state index is 13.4. The summed E-state index contributed by atoms with van der Waals surface area (Å²) in [4.78, 5) is 30.1. The Bertz CT molecular complexity index is 1120. The molecule has 3 aromatic heterocycles. The molecule has 0 aliphatic rings. The summed E-state index contributed by atoms with van der Waals surface area (Å²) in [6.45, 7) is 1.73. The van der Waals surface area contributed by atoms with Crippen molar-refractivity contribution in [3.05, 3.63) is 94.8 Å². The van der Waals surface area contributed by atoms with Crippen LogP contribution in [-0.2, 0) is 4.74 Å². The van der Waals surface area contributed by atoms with Gasteiger partial charge in [-0.05, 0) is 42.8 Å². The number of nitrogens with zero attached hydrogens (tertiary/aromatic N) is 4. The highest BCUT2D eigenvalue weighted by molar-refractivity contribution is 7.16. The van der Waals surface area contributed by atoms with Crippen LogP contribution in [0.1, 0.15) is 32.6 Å². The highest BCUT2D eigenvalue weighted by Crippen LogP contribution is 2.31. The number of benzene rings is 1. The average molecular weight is 406 g/mol. The molecule has 0 bridgehead atoms. The molecular formula is C21H15FN4O2S. The van der Waals surface area contributed by atoms with Crippen LogP contribution in [0.2, 0.25) is 0 Å². The number of esters is 1. The van der Waals surface area contributed by atoms with Crippen molar-refractivity contribution in [2.45, 2.75) is 13.0 Å². The molecule has 0 aliphatic heterocycles. The third-order valence-electron chi connectivity index (χ3n) is 4.15. The number of thiazole rings is 1. The first kappa shape index (κ1) is 18.8. The second kappa shape index (κ2) is 8.24. The van der Waals surface area contributed by atoms with Crippen LogP contribution >= 0.6 is 11.3 Å². The Morgan fingerprint density at radius 2 is 1.66 bits per heavy atom. The Balaban J connectivity index is 1.65. The van der Waals surface area contributed by atoms with Crippen LogP contribution in [0.3, 0.4) is 0 Å². The van der Waals surface area contributed by atoms with Gasteiger partial charge in [-0.15, -0.1) is 11.3 Å². The lowest BCUT2D eigenvalue weighted by molar-refractivity contribution is 0.0382. The van der Waals surface area contributed by atoms with Gasteiger partial charge in [0.2, 0.25) is 0 Å². The van der Waals surface area contributed by atoms with Crippen LogP contribution in [0, 0.1) is 12.7 Å². The van der Waals surface area contributed by atoms with E-state index in [0.29, 0.717) is 27.0 Å². The Morgan fingerprint density at radius 1 is 1.00 bits per heavy atom. The first-order chi connectivity index (χ1) is 14.1. The van der Waals surface area contributed by atoms with Crippen molar-refractivity contribution < 1.29 is 13.9 Å². The van der Waals surface area contributed by atoms with E-state index in [-0.39, 0.29) is 5.82 Å². The highest BCUT2D eigenvalue weighted by Gasteiger charge is 2.24. The SMILES string of the molecule is Cc1nc(-c2ncccn2)sc1C(=O)OC(c1ccncc1)c1ccc(F)cc1. The van der Waals surface area contributed by atoms with Gasteiger partial charge in [-0.3, -0.25) is 4.98 Å². The average Bonchev–Trinajstić information content (AvgIpc) is 3.16. The van der Waals surface area contributed by atoms with Gasteiger partial charge in [-0.25, -0.2) is 24.1 Å².